The van der Waals surface area contributed by atoms with E-state index in [1.54, 1.807) is 18.4 Å². The van der Waals surface area contributed by atoms with E-state index in [2.05, 4.69) is 44.1 Å². The molecule has 1 aromatic heterocycles. The molecule has 1 unspecified atom stereocenters. The lowest BCUT2D eigenvalue weighted by Crippen LogP contribution is -2.42. The molecular formula is C18H26N4O2S2. The highest BCUT2D eigenvalue weighted by molar-refractivity contribution is 7.89. The van der Waals surface area contributed by atoms with E-state index in [4.69, 9.17) is 0 Å². The number of nitrogens with one attached hydrogen (secondary N) is 3. The van der Waals surface area contributed by atoms with E-state index in [-0.39, 0.29) is 12.3 Å². The van der Waals surface area contributed by atoms with Crippen LogP contribution in [0.1, 0.15) is 24.0 Å². The molecule has 0 aliphatic carbocycles. The van der Waals surface area contributed by atoms with Gasteiger partial charge in [-0.25, -0.2) is 13.1 Å². The van der Waals surface area contributed by atoms with Crippen molar-refractivity contribution in [3.63, 3.8) is 0 Å². The van der Waals surface area contributed by atoms with Gasteiger partial charge in [-0.3, -0.25) is 4.99 Å². The first-order valence-corrected chi connectivity index (χ1v) is 11.1. The molecule has 0 fully saturated rings. The summed E-state index contributed by atoms with van der Waals surface area (Å²) in [4.78, 5) is 4.14. The Kier molecular flexibility index (Phi) is 8.08. The van der Waals surface area contributed by atoms with E-state index in [1.165, 1.54) is 5.56 Å². The van der Waals surface area contributed by atoms with Crippen LogP contribution in [0, 0.1) is 0 Å². The van der Waals surface area contributed by atoms with Crippen molar-refractivity contribution in [2.45, 2.75) is 19.4 Å². The Balaban J connectivity index is 1.70. The van der Waals surface area contributed by atoms with Gasteiger partial charge in [-0.1, -0.05) is 37.3 Å². The van der Waals surface area contributed by atoms with Crippen molar-refractivity contribution < 1.29 is 8.42 Å². The summed E-state index contributed by atoms with van der Waals surface area (Å²) in [5, 5.41) is 10.5. The van der Waals surface area contributed by atoms with Gasteiger partial charge < -0.3 is 10.6 Å². The van der Waals surface area contributed by atoms with E-state index < -0.39 is 10.0 Å². The zero-order chi connectivity index (χ0) is 18.8. The van der Waals surface area contributed by atoms with Crippen LogP contribution in [0.25, 0.3) is 0 Å². The number of hydrogen-bond acceptors (Lipinski definition) is 4. The molecule has 1 heterocycles. The summed E-state index contributed by atoms with van der Waals surface area (Å²) in [5.41, 5.74) is 2.22. The minimum atomic E-state index is -3.34. The molecule has 2 aromatic rings. The lowest BCUT2D eigenvalue weighted by atomic mass is 10.1. The van der Waals surface area contributed by atoms with Crippen LogP contribution in [-0.2, 0) is 16.6 Å². The second-order valence-electron chi connectivity index (χ2n) is 5.96. The number of thiophene rings is 1. The zero-order valence-electron chi connectivity index (χ0n) is 15.1. The molecule has 0 spiro atoms. The van der Waals surface area contributed by atoms with Gasteiger partial charge in [0.2, 0.25) is 10.0 Å². The molecule has 1 aromatic carbocycles. The van der Waals surface area contributed by atoms with Crippen molar-refractivity contribution in [2.24, 2.45) is 4.99 Å². The highest BCUT2D eigenvalue weighted by Gasteiger charge is 2.11. The maximum Gasteiger partial charge on any atom is 0.213 e. The Hall–Kier alpha value is -1.90. The van der Waals surface area contributed by atoms with Crippen molar-refractivity contribution in [1.82, 2.24) is 15.4 Å². The van der Waals surface area contributed by atoms with Crippen molar-refractivity contribution in [2.75, 3.05) is 25.9 Å². The third kappa shape index (κ3) is 7.15. The molecule has 8 heteroatoms. The summed E-state index contributed by atoms with van der Waals surface area (Å²) in [6.45, 7) is 3.46. The number of hydrogen-bond donors (Lipinski definition) is 3. The first-order valence-electron chi connectivity index (χ1n) is 8.48. The molecule has 6 nitrogen and oxygen atoms in total. The molecule has 0 saturated carbocycles. The fourth-order valence-corrected chi connectivity index (χ4v) is 3.99. The quantitative estimate of drug-likeness (QED) is 0.449. The lowest BCUT2D eigenvalue weighted by molar-refractivity contribution is 0.579. The minimum absolute atomic E-state index is 0.0133. The molecule has 3 N–H and O–H groups in total. The molecule has 2 rings (SSSR count). The van der Waals surface area contributed by atoms with E-state index in [1.807, 2.05) is 30.3 Å². The van der Waals surface area contributed by atoms with Gasteiger partial charge in [0.05, 0.1) is 5.75 Å². The molecule has 142 valence electrons. The van der Waals surface area contributed by atoms with Crippen LogP contribution in [0.2, 0.25) is 0 Å². The summed E-state index contributed by atoms with van der Waals surface area (Å²) >= 11 is 1.68. The number of benzene rings is 1. The molecule has 26 heavy (non-hydrogen) atoms. The maximum absolute atomic E-state index is 12.1. The van der Waals surface area contributed by atoms with Gasteiger partial charge in [0.15, 0.2) is 5.96 Å². The number of sulfonamides is 1. The summed E-state index contributed by atoms with van der Waals surface area (Å²) in [7, 11) is -1.67. The first-order chi connectivity index (χ1) is 12.5. The summed E-state index contributed by atoms with van der Waals surface area (Å²) in [6.07, 6.45) is 0. The van der Waals surface area contributed by atoms with Gasteiger partial charge in [-0.05, 0) is 33.9 Å². The van der Waals surface area contributed by atoms with E-state index >= 15 is 0 Å². The lowest BCUT2D eigenvalue weighted by Gasteiger charge is -2.15. The molecule has 0 aliphatic rings. The van der Waals surface area contributed by atoms with E-state index in [0.717, 1.165) is 12.1 Å². The predicted molar refractivity (Wildman–Crippen MR) is 109 cm³/mol. The second-order valence-corrected chi connectivity index (χ2v) is 8.67. The molecule has 1 atom stereocenters. The molecule has 0 bridgehead atoms. The SMILES string of the molecule is CN=C(NCCS(=O)(=O)NCc1ccccc1)NCC(C)c1ccsc1. The number of aliphatic imine (C=N–C) groups is 1. The second kappa shape index (κ2) is 10.3. The van der Waals surface area contributed by atoms with Gasteiger partial charge in [0.1, 0.15) is 0 Å². The zero-order valence-corrected chi connectivity index (χ0v) is 16.7. The normalized spacial score (nSPS) is 13.4. The van der Waals surface area contributed by atoms with Crippen molar-refractivity contribution in [3.8, 4) is 0 Å². The third-order valence-corrected chi connectivity index (χ3v) is 5.94. The highest BCUT2D eigenvalue weighted by Crippen LogP contribution is 2.16. The topological polar surface area (TPSA) is 82.6 Å². The number of rotatable bonds is 9. The van der Waals surface area contributed by atoms with Gasteiger partial charge in [0.25, 0.3) is 0 Å². The van der Waals surface area contributed by atoms with Crippen LogP contribution in [0.3, 0.4) is 0 Å². The van der Waals surface area contributed by atoms with Crippen LogP contribution < -0.4 is 15.4 Å². The maximum atomic E-state index is 12.1. The number of guanidine groups is 1. The van der Waals surface area contributed by atoms with Gasteiger partial charge in [-0.15, -0.1) is 0 Å². The van der Waals surface area contributed by atoms with Crippen molar-refractivity contribution in [3.05, 3.63) is 58.3 Å². The monoisotopic (exact) mass is 394 g/mol. The van der Waals surface area contributed by atoms with Crippen LogP contribution in [-0.4, -0.2) is 40.3 Å². The fraction of sp³-hybridized carbons (Fsp3) is 0.389. The predicted octanol–water partition coefficient (Wildman–Crippen LogP) is 2.14. The van der Waals surface area contributed by atoms with Gasteiger partial charge >= 0.3 is 0 Å². The highest BCUT2D eigenvalue weighted by atomic mass is 32.2. The Labute approximate surface area is 159 Å². The Bertz CT molecular complexity index is 775. The Morgan fingerprint density at radius 3 is 2.62 bits per heavy atom. The molecule has 0 amide bonds. The average Bonchev–Trinajstić information content (AvgIpc) is 3.18. The third-order valence-electron chi connectivity index (χ3n) is 3.91. The first kappa shape index (κ1) is 20.4. The van der Waals surface area contributed by atoms with Crippen LogP contribution in [0.5, 0.6) is 0 Å². The summed E-state index contributed by atoms with van der Waals surface area (Å²) in [5.74, 6) is 0.946. The fourth-order valence-electron chi connectivity index (χ4n) is 2.31. The van der Waals surface area contributed by atoms with Crippen LogP contribution in [0.4, 0.5) is 0 Å². The van der Waals surface area contributed by atoms with Crippen LogP contribution in [0.15, 0.2) is 52.2 Å². The van der Waals surface area contributed by atoms with Gasteiger partial charge in [0, 0.05) is 26.7 Å². The molecular weight excluding hydrogens is 368 g/mol. The van der Waals surface area contributed by atoms with Crippen LogP contribution >= 0.6 is 11.3 Å². The van der Waals surface area contributed by atoms with E-state index in [0.29, 0.717) is 18.4 Å². The average molecular weight is 395 g/mol. The smallest absolute Gasteiger partial charge is 0.213 e. The van der Waals surface area contributed by atoms with Crippen molar-refractivity contribution in [1.29, 1.82) is 0 Å². The molecule has 0 aliphatic heterocycles. The standard InChI is InChI=1S/C18H26N4O2S2/c1-15(17-8-10-25-14-17)12-21-18(19-2)20-9-11-26(23,24)22-13-16-6-4-3-5-7-16/h3-8,10,14-15,22H,9,11-13H2,1-2H3,(H2,19,20,21). The molecule has 0 saturated heterocycles. The molecule has 0 radical (unpaired) electrons. The Morgan fingerprint density at radius 1 is 1.19 bits per heavy atom. The van der Waals surface area contributed by atoms with E-state index in [9.17, 15) is 8.42 Å². The van der Waals surface area contributed by atoms with Crippen molar-refractivity contribution >= 4 is 27.3 Å². The minimum Gasteiger partial charge on any atom is -0.356 e. The van der Waals surface area contributed by atoms with Gasteiger partial charge in [-0.2, -0.15) is 11.3 Å². The Morgan fingerprint density at radius 2 is 1.96 bits per heavy atom. The number of nitrogens with zero attached hydrogens (tertiary/aromatic N) is 1. The summed E-state index contributed by atoms with van der Waals surface area (Å²) < 4.78 is 26.8. The summed E-state index contributed by atoms with van der Waals surface area (Å²) in [6, 6.07) is 11.6. The largest absolute Gasteiger partial charge is 0.356 e.